The van der Waals surface area contributed by atoms with Crippen LogP contribution in [0.15, 0.2) is 16.9 Å². The van der Waals surface area contributed by atoms with Gasteiger partial charge in [-0.25, -0.2) is 0 Å². The summed E-state index contributed by atoms with van der Waals surface area (Å²) in [4.78, 5) is 31.6. The van der Waals surface area contributed by atoms with Crippen LogP contribution in [0, 0.1) is 5.41 Å². The van der Waals surface area contributed by atoms with E-state index in [0.29, 0.717) is 51.3 Å². The number of H-pyrrole nitrogens is 1. The molecule has 7 nitrogen and oxygen atoms in total. The number of pyridine rings is 1. The number of aromatic amines is 1. The molecule has 7 heteroatoms. The number of aromatic nitrogens is 1. The van der Waals surface area contributed by atoms with Gasteiger partial charge in [-0.3, -0.25) is 14.5 Å². The lowest BCUT2D eigenvalue weighted by Gasteiger charge is -2.52. The van der Waals surface area contributed by atoms with Crippen molar-refractivity contribution in [2.24, 2.45) is 5.41 Å². The van der Waals surface area contributed by atoms with E-state index in [9.17, 15) is 14.7 Å². The van der Waals surface area contributed by atoms with Crippen molar-refractivity contribution in [3.63, 3.8) is 0 Å². The van der Waals surface area contributed by atoms with Crippen molar-refractivity contribution in [1.82, 2.24) is 14.8 Å². The molecular weight excluding hydrogens is 346 g/mol. The van der Waals surface area contributed by atoms with E-state index in [1.807, 2.05) is 20.8 Å². The summed E-state index contributed by atoms with van der Waals surface area (Å²) in [6.07, 6.45) is 1.19. The number of morpholine rings is 1. The zero-order valence-electron chi connectivity index (χ0n) is 16.6. The van der Waals surface area contributed by atoms with Crippen LogP contribution in [-0.4, -0.2) is 77.3 Å². The first kappa shape index (κ1) is 20.0. The lowest BCUT2D eigenvalue weighted by atomic mass is 9.69. The predicted molar refractivity (Wildman–Crippen MR) is 103 cm³/mol. The zero-order valence-corrected chi connectivity index (χ0v) is 16.6. The van der Waals surface area contributed by atoms with Crippen LogP contribution >= 0.6 is 0 Å². The molecule has 0 aromatic carbocycles. The van der Waals surface area contributed by atoms with Gasteiger partial charge in [0.25, 0.3) is 5.91 Å². The number of hydrogen-bond donors (Lipinski definition) is 2. The van der Waals surface area contributed by atoms with Crippen LogP contribution in [-0.2, 0) is 11.2 Å². The number of piperidine rings is 1. The highest BCUT2D eigenvalue weighted by atomic mass is 16.5. The molecule has 0 unspecified atom stereocenters. The van der Waals surface area contributed by atoms with Crippen LogP contribution in [0.5, 0.6) is 0 Å². The van der Waals surface area contributed by atoms with Crippen LogP contribution < -0.4 is 5.56 Å². The van der Waals surface area contributed by atoms with Crippen molar-refractivity contribution in [2.45, 2.75) is 39.2 Å². The molecular formula is C20H31N3O4. The molecule has 2 aliphatic heterocycles. The Balaban J connectivity index is 1.73. The molecule has 2 fully saturated rings. The fourth-order valence-electron chi connectivity index (χ4n) is 4.05. The number of nitrogens with one attached hydrogen (secondary N) is 1. The Morgan fingerprint density at radius 1 is 1.26 bits per heavy atom. The predicted octanol–water partition coefficient (Wildman–Crippen LogP) is 0.873. The third-order valence-corrected chi connectivity index (χ3v) is 6.05. The number of aryl methyl sites for hydroxylation is 1. The Bertz CT molecular complexity index is 739. The number of aliphatic hydroxyl groups is 1. The van der Waals surface area contributed by atoms with E-state index in [1.54, 1.807) is 11.0 Å². The molecule has 0 saturated carbocycles. The highest BCUT2D eigenvalue weighted by Crippen LogP contribution is 2.39. The Morgan fingerprint density at radius 3 is 2.59 bits per heavy atom. The van der Waals surface area contributed by atoms with Gasteiger partial charge in [0.05, 0.1) is 18.8 Å². The monoisotopic (exact) mass is 377 g/mol. The Hall–Kier alpha value is -1.70. The smallest absolute Gasteiger partial charge is 0.254 e. The van der Waals surface area contributed by atoms with Crippen molar-refractivity contribution >= 4 is 5.91 Å². The summed E-state index contributed by atoms with van der Waals surface area (Å²) in [5, 5.41) is 11.4. The van der Waals surface area contributed by atoms with Crippen molar-refractivity contribution < 1.29 is 14.6 Å². The van der Waals surface area contributed by atoms with Crippen molar-refractivity contribution in [3.8, 4) is 0 Å². The standard InChI is InChI=1S/C20H31N3O4/c1-4-16-11-15(12-17(24)21-16)18(25)23-6-5-20(26,19(2,3)13-23)14-22-7-9-27-10-8-22/h11-12,26H,4-10,13-14H2,1-3H3,(H,21,24)/t20-/m1/s1. The molecule has 1 atom stereocenters. The van der Waals surface area contributed by atoms with Gasteiger partial charge < -0.3 is 19.7 Å². The molecule has 27 heavy (non-hydrogen) atoms. The second-order valence-electron chi connectivity index (χ2n) is 8.39. The molecule has 0 radical (unpaired) electrons. The van der Waals surface area contributed by atoms with Gasteiger partial charge in [-0.05, 0) is 18.9 Å². The van der Waals surface area contributed by atoms with Gasteiger partial charge in [0.2, 0.25) is 5.56 Å². The quantitative estimate of drug-likeness (QED) is 0.813. The van der Waals surface area contributed by atoms with Crippen molar-refractivity contribution in [3.05, 3.63) is 33.7 Å². The van der Waals surface area contributed by atoms with Crippen LogP contribution in [0.1, 0.15) is 43.2 Å². The normalized spacial score (nSPS) is 26.1. The molecule has 0 spiro atoms. The average molecular weight is 377 g/mol. The number of rotatable bonds is 4. The largest absolute Gasteiger partial charge is 0.388 e. The van der Waals surface area contributed by atoms with Crippen molar-refractivity contribution in [2.75, 3.05) is 45.9 Å². The first-order valence-electron chi connectivity index (χ1n) is 9.79. The maximum atomic E-state index is 13.0. The van der Waals surface area contributed by atoms with E-state index in [0.717, 1.165) is 18.8 Å². The molecule has 2 N–H and O–H groups in total. The second-order valence-corrected chi connectivity index (χ2v) is 8.39. The zero-order chi connectivity index (χ0) is 19.7. The van der Waals surface area contributed by atoms with E-state index in [4.69, 9.17) is 4.74 Å². The summed E-state index contributed by atoms with van der Waals surface area (Å²) < 4.78 is 5.40. The minimum atomic E-state index is -0.857. The molecule has 0 bridgehead atoms. The van der Waals surface area contributed by atoms with Crippen LogP contribution in [0.2, 0.25) is 0 Å². The lowest BCUT2D eigenvalue weighted by Crippen LogP contribution is -2.63. The highest BCUT2D eigenvalue weighted by molar-refractivity contribution is 5.94. The minimum absolute atomic E-state index is 0.141. The van der Waals surface area contributed by atoms with Gasteiger partial charge in [0.15, 0.2) is 0 Å². The molecule has 3 heterocycles. The van der Waals surface area contributed by atoms with Crippen LogP contribution in [0.25, 0.3) is 0 Å². The summed E-state index contributed by atoms with van der Waals surface area (Å²) >= 11 is 0. The summed E-state index contributed by atoms with van der Waals surface area (Å²) in [5.41, 5.74) is -0.383. The number of likely N-dealkylation sites (tertiary alicyclic amines) is 1. The van der Waals surface area contributed by atoms with Gasteiger partial charge in [-0.2, -0.15) is 0 Å². The highest BCUT2D eigenvalue weighted by Gasteiger charge is 2.49. The molecule has 150 valence electrons. The second kappa shape index (κ2) is 7.73. The maximum absolute atomic E-state index is 13.0. The summed E-state index contributed by atoms with van der Waals surface area (Å²) in [7, 11) is 0. The number of amides is 1. The van der Waals surface area contributed by atoms with Crippen LogP contribution in [0.4, 0.5) is 0 Å². The number of ether oxygens (including phenoxy) is 1. The number of carbonyl (C=O) groups is 1. The van der Waals surface area contributed by atoms with Crippen LogP contribution in [0.3, 0.4) is 0 Å². The topological polar surface area (TPSA) is 85.9 Å². The molecule has 2 aliphatic rings. The molecule has 2 saturated heterocycles. The fourth-order valence-corrected chi connectivity index (χ4v) is 4.05. The Kier molecular flexibility index (Phi) is 5.74. The Morgan fingerprint density at radius 2 is 1.96 bits per heavy atom. The Labute approximate surface area is 160 Å². The number of nitrogens with zero attached hydrogens (tertiary/aromatic N) is 2. The van der Waals surface area contributed by atoms with Gasteiger partial charge >= 0.3 is 0 Å². The average Bonchev–Trinajstić information content (AvgIpc) is 2.63. The van der Waals surface area contributed by atoms with Gasteiger partial charge in [0, 0.05) is 55.5 Å². The summed E-state index contributed by atoms with van der Waals surface area (Å²) in [6, 6.07) is 3.12. The molecule has 1 amide bonds. The number of β-amino-alcohol motifs (C(OH)–C–C–N with tert-alkyl or cyclic N) is 1. The van der Waals surface area contributed by atoms with E-state index in [1.165, 1.54) is 6.07 Å². The third kappa shape index (κ3) is 4.25. The van der Waals surface area contributed by atoms with Gasteiger partial charge in [-0.15, -0.1) is 0 Å². The van der Waals surface area contributed by atoms with Gasteiger partial charge in [-0.1, -0.05) is 20.8 Å². The van der Waals surface area contributed by atoms with E-state index in [-0.39, 0.29) is 11.5 Å². The summed E-state index contributed by atoms with van der Waals surface area (Å²) in [6.45, 7) is 10.6. The SMILES string of the molecule is CCc1cc(C(=O)N2CC[C@@](O)(CN3CCOCC3)C(C)(C)C2)cc(=O)[nH]1. The first-order chi connectivity index (χ1) is 12.7. The maximum Gasteiger partial charge on any atom is 0.254 e. The molecule has 1 aromatic heterocycles. The molecule has 0 aliphatic carbocycles. The number of hydrogen-bond acceptors (Lipinski definition) is 5. The minimum Gasteiger partial charge on any atom is -0.388 e. The van der Waals surface area contributed by atoms with Crippen molar-refractivity contribution in [1.29, 1.82) is 0 Å². The van der Waals surface area contributed by atoms with E-state index in [2.05, 4.69) is 9.88 Å². The number of carbonyl (C=O) groups excluding carboxylic acids is 1. The molecule has 3 rings (SSSR count). The van der Waals surface area contributed by atoms with Gasteiger partial charge in [0.1, 0.15) is 0 Å². The fraction of sp³-hybridized carbons (Fsp3) is 0.700. The summed E-state index contributed by atoms with van der Waals surface area (Å²) in [5.74, 6) is -0.141. The molecule has 1 aromatic rings. The first-order valence-corrected chi connectivity index (χ1v) is 9.79. The van der Waals surface area contributed by atoms with E-state index < -0.39 is 11.0 Å². The third-order valence-electron chi connectivity index (χ3n) is 6.05. The lowest BCUT2D eigenvalue weighted by molar-refractivity contribution is -0.133. The van der Waals surface area contributed by atoms with E-state index >= 15 is 0 Å².